The maximum Gasteiger partial charge on any atom is 0.253 e. The highest BCUT2D eigenvalue weighted by molar-refractivity contribution is 7.99. The van der Waals surface area contributed by atoms with Gasteiger partial charge in [-0.05, 0) is 39.0 Å². The van der Waals surface area contributed by atoms with Crippen molar-refractivity contribution < 1.29 is 9.59 Å². The van der Waals surface area contributed by atoms with Crippen LogP contribution in [0.5, 0.6) is 0 Å². The lowest BCUT2D eigenvalue weighted by Crippen LogP contribution is -2.30. The number of thioether (sulfide) groups is 1. The number of amides is 2. The predicted molar refractivity (Wildman–Crippen MR) is 108 cm³/mol. The molecule has 0 bridgehead atoms. The van der Waals surface area contributed by atoms with Gasteiger partial charge in [0.2, 0.25) is 5.91 Å². The van der Waals surface area contributed by atoms with E-state index >= 15 is 0 Å². The molecule has 0 saturated heterocycles. The third-order valence-electron chi connectivity index (χ3n) is 3.99. The molecule has 0 aliphatic heterocycles. The lowest BCUT2D eigenvalue weighted by Gasteiger charge is -2.19. The van der Waals surface area contributed by atoms with Crippen molar-refractivity contribution in [1.29, 1.82) is 0 Å². The van der Waals surface area contributed by atoms with Crippen LogP contribution < -0.4 is 5.32 Å². The Bertz CT molecular complexity index is 814. The zero-order valence-corrected chi connectivity index (χ0v) is 16.8. The van der Waals surface area contributed by atoms with Crippen molar-refractivity contribution in [3.05, 3.63) is 48.3 Å². The van der Waals surface area contributed by atoms with Crippen LogP contribution in [0, 0.1) is 6.92 Å². The Hall–Kier alpha value is -2.61. The van der Waals surface area contributed by atoms with E-state index < -0.39 is 0 Å². The molecule has 0 unspecified atom stereocenters. The first kappa shape index (κ1) is 20.7. The molecule has 2 rings (SSSR count). The third-order valence-corrected chi connectivity index (χ3v) is 4.96. The summed E-state index contributed by atoms with van der Waals surface area (Å²) in [6.07, 6.45) is 1.76. The summed E-state index contributed by atoms with van der Waals surface area (Å²) in [6.45, 7) is 11.4. The van der Waals surface area contributed by atoms with Gasteiger partial charge in [0, 0.05) is 30.9 Å². The Morgan fingerprint density at radius 3 is 2.70 bits per heavy atom. The van der Waals surface area contributed by atoms with Gasteiger partial charge in [-0.15, -0.1) is 16.8 Å². The van der Waals surface area contributed by atoms with Gasteiger partial charge in [-0.25, -0.2) is 0 Å². The number of aryl methyl sites for hydroxylation is 1. The van der Waals surface area contributed by atoms with Crippen LogP contribution in [0.15, 0.2) is 42.1 Å². The average Bonchev–Trinajstić information content (AvgIpc) is 3.01. The van der Waals surface area contributed by atoms with E-state index in [0.717, 1.165) is 5.82 Å². The second kappa shape index (κ2) is 9.91. The number of carbonyl (C=O) groups is 2. The number of hydrogen-bond acceptors (Lipinski definition) is 5. The molecule has 1 heterocycles. The van der Waals surface area contributed by atoms with Crippen molar-refractivity contribution in [2.75, 3.05) is 24.2 Å². The van der Waals surface area contributed by atoms with Crippen LogP contribution in [0.2, 0.25) is 0 Å². The second-order valence-electron chi connectivity index (χ2n) is 5.82. The highest BCUT2D eigenvalue weighted by atomic mass is 32.2. The van der Waals surface area contributed by atoms with Crippen LogP contribution in [0.1, 0.15) is 30.0 Å². The summed E-state index contributed by atoms with van der Waals surface area (Å²) >= 11 is 1.31. The van der Waals surface area contributed by atoms with Gasteiger partial charge in [0.1, 0.15) is 5.82 Å². The topological polar surface area (TPSA) is 80.1 Å². The zero-order chi connectivity index (χ0) is 19.8. The fourth-order valence-electron chi connectivity index (χ4n) is 2.56. The summed E-state index contributed by atoms with van der Waals surface area (Å²) in [5, 5.41) is 11.6. The maximum absolute atomic E-state index is 12.4. The van der Waals surface area contributed by atoms with Gasteiger partial charge < -0.3 is 14.8 Å². The van der Waals surface area contributed by atoms with Crippen molar-refractivity contribution in [1.82, 2.24) is 19.7 Å². The fraction of sp³-hybridized carbons (Fsp3) is 0.368. The van der Waals surface area contributed by atoms with Crippen LogP contribution in [0.3, 0.4) is 0 Å². The van der Waals surface area contributed by atoms with Crippen molar-refractivity contribution in [2.45, 2.75) is 32.5 Å². The molecule has 8 heteroatoms. The minimum atomic E-state index is -0.168. The molecule has 27 heavy (non-hydrogen) atoms. The van der Waals surface area contributed by atoms with E-state index in [1.54, 1.807) is 35.2 Å². The van der Waals surface area contributed by atoms with Crippen LogP contribution in [0.25, 0.3) is 0 Å². The minimum absolute atomic E-state index is 0.0431. The molecule has 1 N–H and O–H groups in total. The summed E-state index contributed by atoms with van der Waals surface area (Å²) in [7, 11) is 0. The van der Waals surface area contributed by atoms with E-state index in [9.17, 15) is 9.59 Å². The molecule has 2 aromatic rings. The zero-order valence-electron chi connectivity index (χ0n) is 15.9. The standard InChI is InChI=1S/C19H25N5O2S/c1-5-11-24-14(4)21-22-19(24)27-13-17(25)20-16-10-8-9-15(12-16)18(26)23(6-2)7-3/h5,8-10,12H,1,6-7,11,13H2,2-4H3,(H,20,25). The van der Waals surface area contributed by atoms with E-state index in [1.165, 1.54) is 11.8 Å². The molecule has 1 aromatic carbocycles. The average molecular weight is 388 g/mol. The normalized spacial score (nSPS) is 10.5. The number of carbonyl (C=O) groups excluding carboxylic acids is 2. The van der Waals surface area contributed by atoms with E-state index in [1.807, 2.05) is 25.3 Å². The smallest absolute Gasteiger partial charge is 0.253 e. The van der Waals surface area contributed by atoms with Gasteiger partial charge in [0.25, 0.3) is 5.91 Å². The number of allylic oxidation sites excluding steroid dienone is 1. The molecule has 0 radical (unpaired) electrons. The molecule has 1 aromatic heterocycles. The number of anilines is 1. The number of nitrogens with zero attached hydrogens (tertiary/aromatic N) is 4. The largest absolute Gasteiger partial charge is 0.339 e. The maximum atomic E-state index is 12.4. The second-order valence-corrected chi connectivity index (χ2v) is 6.77. The molecule has 0 atom stereocenters. The van der Waals surface area contributed by atoms with E-state index in [4.69, 9.17) is 0 Å². The first-order chi connectivity index (χ1) is 13.0. The molecular weight excluding hydrogens is 362 g/mol. The molecular formula is C19H25N5O2S. The Morgan fingerprint density at radius 2 is 2.04 bits per heavy atom. The molecule has 0 spiro atoms. The molecule has 2 amide bonds. The predicted octanol–water partition coefficient (Wildman–Crippen LogP) is 2.99. The third kappa shape index (κ3) is 5.43. The Balaban J connectivity index is 1.99. The number of aromatic nitrogens is 3. The van der Waals surface area contributed by atoms with Gasteiger partial charge in [-0.1, -0.05) is 23.9 Å². The van der Waals surface area contributed by atoms with Crippen molar-refractivity contribution >= 4 is 29.3 Å². The highest BCUT2D eigenvalue weighted by Gasteiger charge is 2.14. The minimum Gasteiger partial charge on any atom is -0.339 e. The molecule has 0 aliphatic carbocycles. The molecule has 7 nitrogen and oxygen atoms in total. The monoisotopic (exact) mass is 387 g/mol. The summed E-state index contributed by atoms with van der Waals surface area (Å²) in [4.78, 5) is 26.5. The van der Waals surface area contributed by atoms with Crippen LogP contribution in [0.4, 0.5) is 5.69 Å². The molecule has 0 fully saturated rings. The van der Waals surface area contributed by atoms with Crippen molar-refractivity contribution in [2.24, 2.45) is 0 Å². The molecule has 0 saturated carbocycles. The lowest BCUT2D eigenvalue weighted by atomic mass is 10.1. The van der Waals surface area contributed by atoms with Gasteiger partial charge in [0.05, 0.1) is 5.75 Å². The highest BCUT2D eigenvalue weighted by Crippen LogP contribution is 2.18. The van der Waals surface area contributed by atoms with Crippen LogP contribution >= 0.6 is 11.8 Å². The van der Waals surface area contributed by atoms with Crippen LogP contribution in [-0.2, 0) is 11.3 Å². The quantitative estimate of drug-likeness (QED) is 0.528. The molecule has 144 valence electrons. The van der Waals surface area contributed by atoms with Gasteiger partial charge in [-0.2, -0.15) is 0 Å². The summed E-state index contributed by atoms with van der Waals surface area (Å²) < 4.78 is 1.90. The van der Waals surface area contributed by atoms with Crippen molar-refractivity contribution in [3.8, 4) is 0 Å². The summed E-state index contributed by atoms with van der Waals surface area (Å²) in [5.41, 5.74) is 1.16. The Labute approximate surface area is 163 Å². The number of nitrogens with one attached hydrogen (secondary N) is 1. The van der Waals surface area contributed by atoms with Crippen LogP contribution in [-0.4, -0.2) is 50.3 Å². The first-order valence-electron chi connectivity index (χ1n) is 8.82. The Kier molecular flexibility index (Phi) is 7.60. The summed E-state index contributed by atoms with van der Waals surface area (Å²) in [5.74, 6) is 0.765. The molecule has 0 aliphatic rings. The summed E-state index contributed by atoms with van der Waals surface area (Å²) in [6, 6.07) is 6.99. The number of rotatable bonds is 9. The number of hydrogen-bond donors (Lipinski definition) is 1. The first-order valence-corrected chi connectivity index (χ1v) is 9.81. The van der Waals surface area contributed by atoms with Gasteiger partial charge in [-0.3, -0.25) is 9.59 Å². The van der Waals surface area contributed by atoms with Gasteiger partial charge >= 0.3 is 0 Å². The van der Waals surface area contributed by atoms with E-state index in [2.05, 4.69) is 22.1 Å². The lowest BCUT2D eigenvalue weighted by molar-refractivity contribution is -0.113. The SMILES string of the molecule is C=CCn1c(C)nnc1SCC(=O)Nc1cccc(C(=O)N(CC)CC)c1. The number of benzene rings is 1. The van der Waals surface area contributed by atoms with E-state index in [-0.39, 0.29) is 17.6 Å². The van der Waals surface area contributed by atoms with Gasteiger partial charge in [0.15, 0.2) is 5.16 Å². The fourth-order valence-corrected chi connectivity index (χ4v) is 3.35. The van der Waals surface area contributed by atoms with E-state index in [0.29, 0.717) is 36.0 Å². The Morgan fingerprint density at radius 1 is 1.30 bits per heavy atom. The van der Waals surface area contributed by atoms with Crippen molar-refractivity contribution in [3.63, 3.8) is 0 Å².